The van der Waals surface area contributed by atoms with Gasteiger partial charge in [-0.15, -0.1) is 0 Å². The molecule has 3 rings (SSSR count). The van der Waals surface area contributed by atoms with E-state index in [-0.39, 0.29) is 12.0 Å². The van der Waals surface area contributed by atoms with E-state index < -0.39 is 56.3 Å². The van der Waals surface area contributed by atoms with Gasteiger partial charge in [-0.05, 0) is 12.0 Å². The van der Waals surface area contributed by atoms with Gasteiger partial charge in [0.2, 0.25) is 0 Å². The molecular formula is C21H26N2O9S2. The van der Waals surface area contributed by atoms with Gasteiger partial charge < -0.3 is 20.8 Å². The standard InChI is InChI=1S/C21H26N2O9S2/c1-33(27,28)31-21(32-34(2,29)30,15-11-7-4-8-12-15)19-18(25)17(24)16(22-20(26)23-19)13-14-9-5-3-6-10-14/h3-12,16-19,24-25H,13H2,1-2H3,(H2,22,23,26). The molecule has 34 heavy (non-hydrogen) atoms. The van der Waals surface area contributed by atoms with E-state index in [1.807, 2.05) is 0 Å². The molecule has 1 saturated heterocycles. The van der Waals surface area contributed by atoms with Crippen molar-refractivity contribution < 1.29 is 40.2 Å². The van der Waals surface area contributed by atoms with Gasteiger partial charge in [0.05, 0.1) is 18.6 Å². The average Bonchev–Trinajstić information content (AvgIpc) is 2.84. The van der Waals surface area contributed by atoms with E-state index in [1.165, 1.54) is 24.3 Å². The van der Waals surface area contributed by atoms with Crippen LogP contribution in [0.4, 0.5) is 4.79 Å². The highest BCUT2D eigenvalue weighted by Crippen LogP contribution is 2.37. The molecule has 11 nitrogen and oxygen atoms in total. The van der Waals surface area contributed by atoms with Crippen molar-refractivity contribution in [1.29, 1.82) is 0 Å². The molecule has 1 aliphatic heterocycles. The maximum Gasteiger partial charge on any atom is 0.315 e. The van der Waals surface area contributed by atoms with Gasteiger partial charge in [-0.25, -0.2) is 13.2 Å². The van der Waals surface area contributed by atoms with Crippen molar-refractivity contribution in [2.45, 2.75) is 36.5 Å². The molecule has 13 heteroatoms. The summed E-state index contributed by atoms with van der Waals surface area (Å²) in [5.74, 6) is -2.76. The van der Waals surface area contributed by atoms with Crippen molar-refractivity contribution in [3.05, 3.63) is 71.8 Å². The van der Waals surface area contributed by atoms with Crippen LogP contribution in [0.1, 0.15) is 11.1 Å². The number of aliphatic hydroxyl groups excluding tert-OH is 2. The van der Waals surface area contributed by atoms with Crippen LogP contribution < -0.4 is 10.6 Å². The highest BCUT2D eigenvalue weighted by atomic mass is 32.2. The first-order valence-corrected chi connectivity index (χ1v) is 13.8. The summed E-state index contributed by atoms with van der Waals surface area (Å²) >= 11 is 0. The highest BCUT2D eigenvalue weighted by Gasteiger charge is 2.56. The van der Waals surface area contributed by atoms with Gasteiger partial charge in [0.15, 0.2) is 0 Å². The molecule has 0 saturated carbocycles. The Bertz CT molecular complexity index is 1170. The Kier molecular flexibility index (Phi) is 7.65. The minimum Gasteiger partial charge on any atom is -0.388 e. The van der Waals surface area contributed by atoms with E-state index in [0.29, 0.717) is 12.5 Å². The van der Waals surface area contributed by atoms with E-state index in [0.717, 1.165) is 5.56 Å². The predicted molar refractivity (Wildman–Crippen MR) is 121 cm³/mol. The summed E-state index contributed by atoms with van der Waals surface area (Å²) < 4.78 is 59.3. The number of hydrogen-bond acceptors (Lipinski definition) is 9. The molecule has 0 bridgehead atoms. The molecule has 1 heterocycles. The summed E-state index contributed by atoms with van der Waals surface area (Å²) in [5, 5.41) is 26.9. The maximum absolute atomic E-state index is 12.7. The SMILES string of the molecule is CS(=O)(=O)OC(OS(C)(=O)=O)(c1ccccc1)C1NC(=O)NC(Cc2ccccc2)C(O)C1O. The van der Waals surface area contributed by atoms with E-state index in [1.54, 1.807) is 36.4 Å². The number of aliphatic hydroxyl groups is 2. The van der Waals surface area contributed by atoms with Crippen LogP contribution in [-0.4, -0.2) is 69.9 Å². The normalized spacial score (nSPS) is 24.1. The quantitative estimate of drug-likeness (QED) is 0.275. The lowest BCUT2D eigenvalue weighted by molar-refractivity contribution is -0.172. The molecule has 1 fully saturated rings. The summed E-state index contributed by atoms with van der Waals surface area (Å²) in [7, 11) is -8.88. The molecular weight excluding hydrogens is 488 g/mol. The molecule has 186 valence electrons. The van der Waals surface area contributed by atoms with Gasteiger partial charge in [-0.1, -0.05) is 60.7 Å². The Labute approximate surface area is 198 Å². The largest absolute Gasteiger partial charge is 0.388 e. The highest BCUT2D eigenvalue weighted by molar-refractivity contribution is 7.86. The summed E-state index contributed by atoms with van der Waals surface area (Å²) in [4.78, 5) is 12.7. The van der Waals surface area contributed by atoms with Gasteiger partial charge in [0.25, 0.3) is 26.0 Å². The molecule has 0 aliphatic carbocycles. The number of rotatable bonds is 8. The number of nitrogens with one attached hydrogen (secondary N) is 2. The van der Waals surface area contributed by atoms with Crippen LogP contribution in [0.25, 0.3) is 0 Å². The number of benzene rings is 2. The molecule has 0 radical (unpaired) electrons. The van der Waals surface area contributed by atoms with Crippen LogP contribution in [0.5, 0.6) is 0 Å². The monoisotopic (exact) mass is 514 g/mol. The first-order chi connectivity index (χ1) is 15.8. The van der Waals surface area contributed by atoms with Gasteiger partial charge >= 0.3 is 6.03 Å². The Hall–Kier alpha value is -2.55. The van der Waals surface area contributed by atoms with Gasteiger partial charge in [-0.2, -0.15) is 16.8 Å². The number of hydrogen-bond donors (Lipinski definition) is 4. The third-order valence-electron chi connectivity index (χ3n) is 5.14. The molecule has 0 spiro atoms. The molecule has 4 unspecified atom stereocenters. The summed E-state index contributed by atoms with van der Waals surface area (Å²) in [6.07, 6.45) is -2.14. The van der Waals surface area contributed by atoms with Crippen LogP contribution >= 0.6 is 0 Å². The fourth-order valence-corrected chi connectivity index (χ4v) is 5.24. The third-order valence-corrected chi connectivity index (χ3v) is 6.24. The average molecular weight is 515 g/mol. The fraction of sp³-hybridized carbons (Fsp3) is 0.381. The third kappa shape index (κ3) is 6.31. The van der Waals surface area contributed by atoms with Crippen molar-refractivity contribution in [1.82, 2.24) is 10.6 Å². The molecule has 4 N–H and O–H groups in total. The smallest absolute Gasteiger partial charge is 0.315 e. The van der Waals surface area contributed by atoms with E-state index in [2.05, 4.69) is 10.6 Å². The van der Waals surface area contributed by atoms with E-state index in [4.69, 9.17) is 8.37 Å². The summed E-state index contributed by atoms with van der Waals surface area (Å²) in [6, 6.07) is 12.2. The molecule has 0 aromatic heterocycles. The lowest BCUT2D eigenvalue weighted by Gasteiger charge is -2.40. The second-order valence-electron chi connectivity index (χ2n) is 7.98. The Morgan fingerprint density at radius 1 is 0.824 bits per heavy atom. The zero-order valence-electron chi connectivity index (χ0n) is 18.4. The minimum atomic E-state index is -4.44. The number of carbonyl (C=O) groups is 1. The number of amides is 2. The van der Waals surface area contributed by atoms with Gasteiger partial charge in [0.1, 0.15) is 18.2 Å². The maximum atomic E-state index is 12.7. The van der Waals surface area contributed by atoms with Crippen LogP contribution in [0, 0.1) is 0 Å². The lowest BCUT2D eigenvalue weighted by atomic mass is 9.88. The van der Waals surface area contributed by atoms with Crippen LogP contribution in [0.3, 0.4) is 0 Å². The van der Waals surface area contributed by atoms with Crippen LogP contribution in [-0.2, 0) is 40.8 Å². The van der Waals surface area contributed by atoms with Crippen LogP contribution in [0.15, 0.2) is 60.7 Å². The topological polar surface area (TPSA) is 168 Å². The van der Waals surface area contributed by atoms with Crippen molar-refractivity contribution in [3.8, 4) is 0 Å². The van der Waals surface area contributed by atoms with Crippen LogP contribution in [0.2, 0.25) is 0 Å². The van der Waals surface area contributed by atoms with Crippen molar-refractivity contribution in [2.75, 3.05) is 12.5 Å². The second-order valence-corrected chi connectivity index (χ2v) is 11.1. The summed E-state index contributed by atoms with van der Waals surface area (Å²) in [6.45, 7) is 0. The van der Waals surface area contributed by atoms with Crippen molar-refractivity contribution >= 4 is 26.3 Å². The van der Waals surface area contributed by atoms with Crippen molar-refractivity contribution in [3.63, 3.8) is 0 Å². The summed E-state index contributed by atoms with van der Waals surface area (Å²) in [5.41, 5.74) is 0.607. The molecule has 2 amide bonds. The Balaban J connectivity index is 2.13. The fourth-order valence-electron chi connectivity index (χ4n) is 3.83. The second kappa shape index (κ2) is 9.98. The Morgan fingerprint density at radius 2 is 1.32 bits per heavy atom. The number of urea groups is 1. The minimum absolute atomic E-state index is 0.122. The lowest BCUT2D eigenvalue weighted by Crippen LogP contribution is -2.61. The Morgan fingerprint density at radius 3 is 1.82 bits per heavy atom. The van der Waals surface area contributed by atoms with Crippen molar-refractivity contribution in [2.24, 2.45) is 0 Å². The van der Waals surface area contributed by atoms with Gasteiger partial charge in [-0.3, -0.25) is 0 Å². The zero-order chi connectivity index (χ0) is 25.1. The molecule has 1 aliphatic rings. The first-order valence-electron chi connectivity index (χ1n) is 10.1. The zero-order valence-corrected chi connectivity index (χ0v) is 20.0. The van der Waals surface area contributed by atoms with E-state index >= 15 is 0 Å². The molecule has 4 atom stereocenters. The molecule has 2 aromatic rings. The number of carbonyl (C=O) groups excluding carboxylic acids is 1. The predicted octanol–water partition coefficient (Wildman–Crippen LogP) is -0.194. The van der Waals surface area contributed by atoms with E-state index in [9.17, 15) is 31.8 Å². The first kappa shape index (κ1) is 26.1. The van der Waals surface area contributed by atoms with Gasteiger partial charge in [0, 0.05) is 5.56 Å². The molecule has 2 aromatic carbocycles.